The molecule has 0 saturated heterocycles. The molecule has 0 saturated carbocycles. The second-order valence-corrected chi connectivity index (χ2v) is 9.69. The van der Waals surface area contributed by atoms with Crippen molar-refractivity contribution in [1.29, 1.82) is 0 Å². The average molecular weight is 547 g/mol. The molecule has 0 spiro atoms. The van der Waals surface area contributed by atoms with Crippen molar-refractivity contribution in [3.8, 4) is 27.8 Å². The number of hydrogen-bond donors (Lipinski definition) is 2. The molecule has 5 aromatic rings. The van der Waals surface area contributed by atoms with Crippen LogP contribution in [0.2, 0.25) is 15.1 Å². The van der Waals surface area contributed by atoms with E-state index in [0.717, 1.165) is 31.7 Å². The van der Waals surface area contributed by atoms with Crippen molar-refractivity contribution in [2.45, 2.75) is 6.92 Å². The van der Waals surface area contributed by atoms with Crippen molar-refractivity contribution >= 4 is 62.9 Å². The predicted octanol–water partition coefficient (Wildman–Crippen LogP) is 5.84. The van der Waals surface area contributed by atoms with Crippen LogP contribution in [0.1, 0.15) is 5.56 Å². The van der Waals surface area contributed by atoms with Gasteiger partial charge in [0.2, 0.25) is 5.82 Å². The molecule has 0 atom stereocenters. The molecule has 3 heterocycles. The fraction of sp³-hybridized carbons (Fsp3) is 0.0435. The number of nitrogen functional groups attached to an aromatic ring is 1. The van der Waals surface area contributed by atoms with Crippen LogP contribution >= 0.6 is 46.1 Å². The maximum absolute atomic E-state index is 12.1. The molecule has 0 aliphatic carbocycles. The Bertz CT molecular complexity index is 1720. The first-order valence-corrected chi connectivity index (χ1v) is 12.0. The zero-order chi connectivity index (χ0) is 24.9. The lowest BCUT2D eigenvalue weighted by atomic mass is 10.1. The van der Waals surface area contributed by atoms with Gasteiger partial charge in [0.1, 0.15) is 5.75 Å². The number of nitrogens with zero attached hydrogens (tertiary/aromatic N) is 3. The van der Waals surface area contributed by atoms with Gasteiger partial charge in [-0.25, -0.2) is 9.78 Å². The number of benzene rings is 2. The molecule has 3 aromatic heterocycles. The van der Waals surface area contributed by atoms with Crippen molar-refractivity contribution in [3.63, 3.8) is 0 Å². The number of pyridine rings is 1. The molecule has 0 fully saturated rings. The van der Waals surface area contributed by atoms with Crippen LogP contribution in [0.15, 0.2) is 57.4 Å². The topological polar surface area (TPSA) is 116 Å². The molecule has 0 aliphatic rings. The number of thiophene rings is 1. The van der Waals surface area contributed by atoms with Crippen LogP contribution in [-0.4, -0.2) is 19.7 Å². The van der Waals surface area contributed by atoms with E-state index >= 15 is 0 Å². The van der Waals surface area contributed by atoms with Crippen LogP contribution in [0.3, 0.4) is 0 Å². The summed E-state index contributed by atoms with van der Waals surface area (Å²) >= 11 is 20.4. The van der Waals surface area contributed by atoms with E-state index in [0.29, 0.717) is 10.8 Å². The van der Waals surface area contributed by atoms with Crippen molar-refractivity contribution in [2.75, 3.05) is 5.73 Å². The van der Waals surface area contributed by atoms with Crippen molar-refractivity contribution in [2.24, 2.45) is 0 Å². The fourth-order valence-corrected chi connectivity index (χ4v) is 5.07. The quantitative estimate of drug-likeness (QED) is 0.292. The zero-order valence-corrected chi connectivity index (χ0v) is 20.9. The number of hydrogen-bond acceptors (Lipinski definition) is 7. The van der Waals surface area contributed by atoms with E-state index in [1.807, 2.05) is 36.6 Å². The fourth-order valence-electron chi connectivity index (χ4n) is 3.48. The zero-order valence-electron chi connectivity index (χ0n) is 17.8. The molecule has 12 heteroatoms. The molecule has 0 amide bonds. The predicted molar refractivity (Wildman–Crippen MR) is 140 cm³/mol. The Hall–Kier alpha value is -3.37. The van der Waals surface area contributed by atoms with Gasteiger partial charge in [-0.3, -0.25) is 9.78 Å². The van der Waals surface area contributed by atoms with Crippen LogP contribution in [-0.2, 0) is 0 Å². The Labute approximate surface area is 216 Å². The Balaban J connectivity index is 1.50. The van der Waals surface area contributed by atoms with Crippen molar-refractivity contribution in [3.05, 3.63) is 89.3 Å². The van der Waals surface area contributed by atoms with E-state index in [9.17, 15) is 9.59 Å². The van der Waals surface area contributed by atoms with E-state index in [4.69, 9.17) is 50.3 Å². The van der Waals surface area contributed by atoms with E-state index < -0.39 is 11.2 Å². The van der Waals surface area contributed by atoms with Crippen LogP contribution in [0, 0.1) is 6.92 Å². The molecule has 0 unspecified atom stereocenters. The number of anilines is 1. The highest BCUT2D eigenvalue weighted by atomic mass is 35.5. The maximum Gasteiger partial charge on any atom is 0.349 e. The summed E-state index contributed by atoms with van der Waals surface area (Å²) in [6.45, 7) is 1.99. The number of nitrogens with one attached hydrogen (secondary N) is 1. The highest BCUT2D eigenvalue weighted by molar-refractivity contribution is 7.14. The molecule has 0 aliphatic heterocycles. The van der Waals surface area contributed by atoms with Crippen molar-refractivity contribution in [1.82, 2.24) is 19.7 Å². The molecule has 0 bridgehead atoms. The smallest absolute Gasteiger partial charge is 0.349 e. The number of H-pyrrole nitrogens is 1. The van der Waals surface area contributed by atoms with Crippen LogP contribution < -0.4 is 21.7 Å². The average Bonchev–Trinajstić information content (AvgIpc) is 3.25. The van der Waals surface area contributed by atoms with Gasteiger partial charge in [0.25, 0.3) is 5.56 Å². The lowest BCUT2D eigenvalue weighted by molar-refractivity contribution is 0.483. The molecule has 2 aromatic carbocycles. The van der Waals surface area contributed by atoms with Crippen LogP contribution in [0.4, 0.5) is 5.82 Å². The minimum atomic E-state index is -0.785. The molecular weight excluding hydrogens is 533 g/mol. The van der Waals surface area contributed by atoms with Crippen LogP contribution in [0.25, 0.3) is 27.2 Å². The van der Waals surface area contributed by atoms with Crippen LogP contribution in [0.5, 0.6) is 11.5 Å². The highest BCUT2D eigenvalue weighted by Gasteiger charge is 2.15. The molecule has 176 valence electrons. The second kappa shape index (κ2) is 9.01. The third-order valence-electron chi connectivity index (χ3n) is 5.11. The van der Waals surface area contributed by atoms with Gasteiger partial charge in [-0.1, -0.05) is 34.8 Å². The Kier molecular flexibility index (Phi) is 6.02. The first kappa shape index (κ1) is 23.4. The van der Waals surface area contributed by atoms with E-state index in [1.165, 1.54) is 23.5 Å². The normalized spacial score (nSPS) is 11.2. The number of aromatic nitrogens is 4. The Morgan fingerprint density at radius 2 is 1.80 bits per heavy atom. The summed E-state index contributed by atoms with van der Waals surface area (Å²) in [5.41, 5.74) is 6.81. The number of aromatic amines is 1. The third kappa shape index (κ3) is 4.51. The second-order valence-electron chi connectivity index (χ2n) is 7.53. The van der Waals surface area contributed by atoms with Gasteiger partial charge in [0.05, 0.1) is 36.8 Å². The SMILES string of the molecule is Cc1cc(-c2cc(Cl)cs2)nc2ccc(Oc3c(Cl)cc(-n4nc(N)c(=O)[nH]c4=O)cc3Cl)cc12. The molecule has 35 heavy (non-hydrogen) atoms. The van der Waals surface area contributed by atoms with Gasteiger partial charge in [-0.15, -0.1) is 16.4 Å². The Morgan fingerprint density at radius 3 is 2.49 bits per heavy atom. The number of aryl methyl sites for hydroxylation is 1. The minimum absolute atomic E-state index is 0.130. The lowest BCUT2D eigenvalue weighted by Crippen LogP contribution is -2.33. The first-order chi connectivity index (χ1) is 16.7. The van der Waals surface area contributed by atoms with Crippen molar-refractivity contribution < 1.29 is 4.74 Å². The van der Waals surface area contributed by atoms with E-state index in [2.05, 4.69) is 10.1 Å². The summed E-state index contributed by atoms with van der Waals surface area (Å²) in [5.74, 6) is 0.314. The van der Waals surface area contributed by atoms with E-state index in [1.54, 1.807) is 6.07 Å². The minimum Gasteiger partial charge on any atom is -0.454 e. The number of ether oxygens (including phenoxy) is 1. The number of nitrogens with two attached hydrogens (primary N) is 1. The van der Waals surface area contributed by atoms with Gasteiger partial charge < -0.3 is 10.5 Å². The molecule has 5 rings (SSSR count). The molecule has 3 N–H and O–H groups in total. The summed E-state index contributed by atoms with van der Waals surface area (Å²) < 4.78 is 6.88. The van der Waals surface area contributed by atoms with Gasteiger partial charge in [0, 0.05) is 10.8 Å². The largest absolute Gasteiger partial charge is 0.454 e. The number of rotatable bonds is 4. The van der Waals surface area contributed by atoms with Gasteiger partial charge in [-0.05, 0) is 55.0 Å². The number of halogens is 3. The third-order valence-corrected chi connectivity index (χ3v) is 6.97. The summed E-state index contributed by atoms with van der Waals surface area (Å²) in [4.78, 5) is 31.4. The Morgan fingerprint density at radius 1 is 1.06 bits per heavy atom. The van der Waals surface area contributed by atoms with Gasteiger partial charge in [0.15, 0.2) is 5.75 Å². The maximum atomic E-state index is 12.1. The first-order valence-electron chi connectivity index (χ1n) is 10.0. The lowest BCUT2D eigenvalue weighted by Gasteiger charge is -2.13. The summed E-state index contributed by atoms with van der Waals surface area (Å²) in [5, 5.41) is 7.49. The molecular formula is C23H14Cl3N5O3S. The molecule has 0 radical (unpaired) electrons. The highest BCUT2D eigenvalue weighted by Crippen LogP contribution is 2.39. The summed E-state index contributed by atoms with van der Waals surface area (Å²) in [6.07, 6.45) is 0. The van der Waals surface area contributed by atoms with E-state index in [-0.39, 0.29) is 27.3 Å². The molecule has 8 nitrogen and oxygen atoms in total. The monoisotopic (exact) mass is 545 g/mol. The standard InChI is InChI=1S/C23H14Cl3N5O3S/c1-10-4-18(19-5-11(24)9-35-19)28-17-3-2-13(8-14(10)17)34-20-15(25)6-12(7-16(20)26)31-23(33)29-22(32)21(27)30-31/h2-9H,1H3,(H2,27,30)(H,29,32,33). The van der Waals surface area contributed by atoms with Gasteiger partial charge in [-0.2, -0.15) is 4.68 Å². The summed E-state index contributed by atoms with van der Waals surface area (Å²) in [6, 6.07) is 12.2. The summed E-state index contributed by atoms with van der Waals surface area (Å²) in [7, 11) is 0. The number of fused-ring (bicyclic) bond motifs is 1. The van der Waals surface area contributed by atoms with Gasteiger partial charge >= 0.3 is 5.69 Å².